The number of carbonyl (C=O) groups excluding carboxylic acids is 1. The molecule has 0 aliphatic carbocycles. The molecule has 7 heteroatoms. The fraction of sp³-hybridized carbons (Fsp3) is 0.889. The Bertz CT molecular complexity index is 282. The van der Waals surface area contributed by atoms with Gasteiger partial charge in [-0.05, 0) is 0 Å². The third-order valence-electron chi connectivity index (χ3n) is 2.38. The van der Waals surface area contributed by atoms with Gasteiger partial charge >= 0.3 is 6.16 Å². The molecule has 0 spiro atoms. The van der Waals surface area contributed by atoms with Gasteiger partial charge in [0.05, 0.1) is 0 Å². The highest BCUT2D eigenvalue weighted by molar-refractivity contribution is 7.59. The Balaban J connectivity index is 1.87. The fourth-order valence-electron chi connectivity index (χ4n) is 1.44. The van der Waals surface area contributed by atoms with Crippen molar-refractivity contribution >= 4 is 14.1 Å². The first-order valence-corrected chi connectivity index (χ1v) is 6.83. The summed E-state index contributed by atoms with van der Waals surface area (Å²) < 4.78 is 19.9. The highest BCUT2D eigenvalue weighted by Crippen LogP contribution is 2.57. The molecule has 16 heavy (non-hydrogen) atoms. The number of ether oxygens (including phenoxy) is 2. The first-order valence-electron chi connectivity index (χ1n) is 5.10. The topological polar surface area (TPSA) is 77.0 Å². The minimum Gasteiger partial charge on any atom is -0.631 e. The van der Waals surface area contributed by atoms with Crippen LogP contribution < -0.4 is 4.89 Å². The standard InChI is InChI=1S/C9H15O6P/c1-9(2)5-13-16(11,14-6-9)4-7-3-12-8(10)15-7/h7H,3-6H2,1-2H3. The zero-order valence-electron chi connectivity index (χ0n) is 9.30. The molecule has 2 fully saturated rings. The van der Waals surface area contributed by atoms with Gasteiger partial charge in [0.15, 0.2) is 6.10 Å². The number of carbonyl (C=O) groups is 1. The van der Waals surface area contributed by atoms with Gasteiger partial charge in [-0.1, -0.05) is 13.8 Å². The number of rotatable bonds is 2. The van der Waals surface area contributed by atoms with E-state index in [2.05, 4.69) is 4.74 Å². The number of hydrogen-bond acceptors (Lipinski definition) is 6. The fourth-order valence-corrected chi connectivity index (χ4v) is 3.49. The molecule has 6 nitrogen and oxygen atoms in total. The van der Waals surface area contributed by atoms with Gasteiger partial charge in [0.25, 0.3) is 0 Å². The van der Waals surface area contributed by atoms with Gasteiger partial charge in [-0.3, -0.25) is 0 Å². The van der Waals surface area contributed by atoms with Crippen LogP contribution in [0.1, 0.15) is 13.8 Å². The van der Waals surface area contributed by atoms with Crippen LogP contribution in [0.2, 0.25) is 0 Å². The van der Waals surface area contributed by atoms with E-state index >= 15 is 0 Å². The van der Waals surface area contributed by atoms with Crippen LogP contribution in [-0.4, -0.2) is 38.2 Å². The predicted molar refractivity (Wildman–Crippen MR) is 53.7 cm³/mol. The molecule has 0 amide bonds. The number of cyclic esters (lactones) is 2. The Morgan fingerprint density at radius 2 is 2.06 bits per heavy atom. The van der Waals surface area contributed by atoms with E-state index in [1.54, 1.807) is 0 Å². The van der Waals surface area contributed by atoms with E-state index < -0.39 is 20.2 Å². The minimum absolute atomic E-state index is 0.0643. The lowest BCUT2D eigenvalue weighted by Gasteiger charge is -2.38. The van der Waals surface area contributed by atoms with Crippen molar-refractivity contribution in [2.24, 2.45) is 5.41 Å². The predicted octanol–water partition coefficient (Wildman–Crippen LogP) is 0.718. The molecule has 0 aromatic heterocycles. The second kappa shape index (κ2) is 4.11. The summed E-state index contributed by atoms with van der Waals surface area (Å²) in [6.07, 6.45) is -1.19. The van der Waals surface area contributed by atoms with E-state index in [1.807, 2.05) is 13.8 Å². The molecular formula is C9H15O6P. The largest absolute Gasteiger partial charge is 0.631 e. The zero-order valence-corrected chi connectivity index (χ0v) is 10.2. The average Bonchev–Trinajstić information content (AvgIpc) is 2.58. The lowest BCUT2D eigenvalue weighted by Crippen LogP contribution is -2.38. The second-order valence-corrected chi connectivity index (χ2v) is 6.91. The van der Waals surface area contributed by atoms with Crippen LogP contribution >= 0.6 is 7.94 Å². The SMILES string of the molecule is CC1(C)CO[P+]([O-])(CC2COC(=O)O2)OC1. The van der Waals surface area contributed by atoms with Crippen molar-refractivity contribution < 1.29 is 28.2 Å². The van der Waals surface area contributed by atoms with E-state index in [0.717, 1.165) is 0 Å². The van der Waals surface area contributed by atoms with Crippen molar-refractivity contribution in [3.8, 4) is 0 Å². The summed E-state index contributed by atoms with van der Waals surface area (Å²) in [4.78, 5) is 22.8. The summed E-state index contributed by atoms with van der Waals surface area (Å²) in [6.45, 7) is 4.81. The van der Waals surface area contributed by atoms with E-state index in [0.29, 0.717) is 13.2 Å². The van der Waals surface area contributed by atoms with Crippen LogP contribution in [0.5, 0.6) is 0 Å². The van der Waals surface area contributed by atoms with Crippen LogP contribution in [0, 0.1) is 5.41 Å². The maximum atomic E-state index is 12.1. The minimum atomic E-state index is -3.13. The molecule has 0 radical (unpaired) electrons. The molecule has 0 bridgehead atoms. The third-order valence-corrected chi connectivity index (χ3v) is 4.28. The van der Waals surface area contributed by atoms with Crippen molar-refractivity contribution in [3.05, 3.63) is 0 Å². The van der Waals surface area contributed by atoms with Gasteiger partial charge in [-0.15, -0.1) is 0 Å². The third kappa shape index (κ3) is 2.83. The monoisotopic (exact) mass is 250 g/mol. The molecule has 2 rings (SSSR count). The van der Waals surface area contributed by atoms with Crippen LogP contribution in [-0.2, 0) is 18.5 Å². The lowest BCUT2D eigenvalue weighted by atomic mass is 9.97. The lowest BCUT2D eigenvalue weighted by molar-refractivity contribution is -0.234. The Morgan fingerprint density at radius 3 is 2.56 bits per heavy atom. The van der Waals surface area contributed by atoms with Crippen LogP contribution in [0.15, 0.2) is 0 Å². The van der Waals surface area contributed by atoms with Crippen molar-refractivity contribution in [2.75, 3.05) is 26.0 Å². The van der Waals surface area contributed by atoms with Crippen LogP contribution in [0.4, 0.5) is 4.79 Å². The Labute approximate surface area is 94.4 Å². The van der Waals surface area contributed by atoms with E-state index in [-0.39, 0.29) is 18.2 Å². The highest BCUT2D eigenvalue weighted by atomic mass is 31.2. The molecule has 2 saturated heterocycles. The molecule has 0 N–H and O–H groups in total. The van der Waals surface area contributed by atoms with Gasteiger partial charge in [0.2, 0.25) is 7.94 Å². The zero-order chi connectivity index (χ0) is 11.8. The maximum Gasteiger partial charge on any atom is 0.508 e. The summed E-state index contributed by atoms with van der Waals surface area (Å²) in [5.41, 5.74) is -0.128. The maximum absolute atomic E-state index is 12.1. The molecule has 2 aliphatic heterocycles. The van der Waals surface area contributed by atoms with Crippen molar-refractivity contribution in [3.63, 3.8) is 0 Å². The summed E-state index contributed by atoms with van der Waals surface area (Å²) >= 11 is 0. The molecule has 2 aliphatic rings. The van der Waals surface area contributed by atoms with Gasteiger partial charge < -0.3 is 14.4 Å². The Kier molecular flexibility index (Phi) is 3.09. The van der Waals surface area contributed by atoms with Crippen molar-refractivity contribution in [2.45, 2.75) is 20.0 Å². The highest BCUT2D eigenvalue weighted by Gasteiger charge is 2.45. The van der Waals surface area contributed by atoms with Crippen molar-refractivity contribution in [1.29, 1.82) is 0 Å². The molecule has 0 aromatic carbocycles. The van der Waals surface area contributed by atoms with Gasteiger partial charge in [0, 0.05) is 5.41 Å². The molecule has 92 valence electrons. The average molecular weight is 250 g/mol. The van der Waals surface area contributed by atoms with Crippen molar-refractivity contribution in [1.82, 2.24) is 0 Å². The molecule has 2 heterocycles. The van der Waals surface area contributed by atoms with E-state index in [9.17, 15) is 9.69 Å². The van der Waals surface area contributed by atoms with Crippen LogP contribution in [0.25, 0.3) is 0 Å². The second-order valence-electron chi connectivity index (χ2n) is 4.81. The first kappa shape index (κ1) is 12.0. The summed E-state index contributed by atoms with van der Waals surface area (Å²) in [7, 11) is -3.13. The van der Waals surface area contributed by atoms with Gasteiger partial charge in [0.1, 0.15) is 26.0 Å². The van der Waals surface area contributed by atoms with Gasteiger partial charge in [-0.25, -0.2) is 13.8 Å². The Morgan fingerprint density at radius 1 is 1.44 bits per heavy atom. The molecular weight excluding hydrogens is 235 g/mol. The normalized spacial score (nSPS) is 31.9. The molecule has 0 aromatic rings. The Hall–Kier alpha value is -0.420. The van der Waals surface area contributed by atoms with Crippen LogP contribution in [0.3, 0.4) is 0 Å². The quantitative estimate of drug-likeness (QED) is 0.530. The van der Waals surface area contributed by atoms with E-state index in [1.165, 1.54) is 0 Å². The first-order chi connectivity index (χ1) is 7.39. The molecule has 1 unspecified atom stereocenters. The van der Waals surface area contributed by atoms with Gasteiger partial charge in [-0.2, -0.15) is 0 Å². The molecule has 0 saturated carbocycles. The molecule has 1 atom stereocenters. The summed E-state index contributed by atoms with van der Waals surface area (Å²) in [5, 5.41) is 0. The van der Waals surface area contributed by atoms with E-state index in [4.69, 9.17) is 13.8 Å². The summed E-state index contributed by atoms with van der Waals surface area (Å²) in [5.74, 6) is 0. The number of hydrogen-bond donors (Lipinski definition) is 0. The summed E-state index contributed by atoms with van der Waals surface area (Å²) in [6, 6.07) is 0. The smallest absolute Gasteiger partial charge is 0.508 e.